The average molecular weight is 268 g/mol. The van der Waals surface area contributed by atoms with Gasteiger partial charge >= 0.3 is 12.0 Å². The van der Waals surface area contributed by atoms with Crippen LogP contribution >= 0.6 is 0 Å². The summed E-state index contributed by atoms with van der Waals surface area (Å²) in [5.74, 6) is -1.38. The lowest BCUT2D eigenvalue weighted by molar-refractivity contribution is -0.141. The van der Waals surface area contributed by atoms with Crippen molar-refractivity contribution in [1.82, 2.24) is 10.2 Å². The van der Waals surface area contributed by atoms with Crippen LogP contribution in [0.4, 0.5) is 9.18 Å². The van der Waals surface area contributed by atoms with E-state index in [1.165, 1.54) is 19.2 Å². The van der Waals surface area contributed by atoms with Crippen LogP contribution in [0.15, 0.2) is 24.3 Å². The quantitative estimate of drug-likeness (QED) is 0.856. The number of carbonyl (C=O) groups is 2. The highest BCUT2D eigenvalue weighted by atomic mass is 19.1. The summed E-state index contributed by atoms with van der Waals surface area (Å²) in [6.45, 7) is 1.92. The van der Waals surface area contributed by atoms with Gasteiger partial charge in [0.1, 0.15) is 11.9 Å². The SMILES string of the molecule is CCC(C(=O)O)N(C)C(=O)NCc1ccc(F)cc1. The molecule has 104 valence electrons. The van der Waals surface area contributed by atoms with E-state index in [0.29, 0.717) is 6.42 Å². The molecule has 6 heteroatoms. The van der Waals surface area contributed by atoms with E-state index in [1.54, 1.807) is 19.1 Å². The van der Waals surface area contributed by atoms with Crippen molar-refractivity contribution in [2.24, 2.45) is 0 Å². The number of hydrogen-bond donors (Lipinski definition) is 2. The largest absolute Gasteiger partial charge is 0.480 e. The van der Waals surface area contributed by atoms with E-state index in [0.717, 1.165) is 10.5 Å². The highest BCUT2D eigenvalue weighted by Gasteiger charge is 2.24. The lowest BCUT2D eigenvalue weighted by Crippen LogP contribution is -2.46. The van der Waals surface area contributed by atoms with Gasteiger partial charge in [0.2, 0.25) is 0 Å². The summed E-state index contributed by atoms with van der Waals surface area (Å²) in [7, 11) is 1.43. The molecule has 0 saturated carbocycles. The Labute approximate surface area is 111 Å². The molecule has 1 atom stereocenters. The third-order valence-corrected chi connectivity index (χ3v) is 2.82. The maximum atomic E-state index is 12.7. The normalized spacial score (nSPS) is 11.7. The summed E-state index contributed by atoms with van der Waals surface area (Å²) >= 11 is 0. The number of nitrogens with one attached hydrogen (secondary N) is 1. The molecule has 0 aromatic heterocycles. The monoisotopic (exact) mass is 268 g/mol. The molecular formula is C13H17FN2O3. The third-order valence-electron chi connectivity index (χ3n) is 2.82. The summed E-state index contributed by atoms with van der Waals surface area (Å²) in [4.78, 5) is 23.8. The van der Waals surface area contributed by atoms with Crippen LogP contribution in [0.5, 0.6) is 0 Å². The van der Waals surface area contributed by atoms with Gasteiger partial charge in [-0.15, -0.1) is 0 Å². The Balaban J connectivity index is 2.55. The van der Waals surface area contributed by atoms with Crippen molar-refractivity contribution in [1.29, 1.82) is 0 Å². The molecule has 2 amide bonds. The third kappa shape index (κ3) is 4.24. The van der Waals surface area contributed by atoms with Gasteiger partial charge in [-0.05, 0) is 24.1 Å². The Morgan fingerprint density at radius 1 is 1.37 bits per heavy atom. The number of nitrogens with zero attached hydrogens (tertiary/aromatic N) is 1. The molecule has 1 aromatic carbocycles. The fourth-order valence-corrected chi connectivity index (χ4v) is 1.66. The van der Waals surface area contributed by atoms with E-state index in [1.807, 2.05) is 0 Å². The smallest absolute Gasteiger partial charge is 0.326 e. The second-order valence-corrected chi connectivity index (χ2v) is 4.16. The van der Waals surface area contributed by atoms with E-state index in [-0.39, 0.29) is 12.4 Å². The van der Waals surface area contributed by atoms with Crippen LogP contribution in [0.1, 0.15) is 18.9 Å². The minimum Gasteiger partial charge on any atom is -0.480 e. The van der Waals surface area contributed by atoms with Crippen molar-refractivity contribution >= 4 is 12.0 Å². The maximum absolute atomic E-state index is 12.7. The van der Waals surface area contributed by atoms with Gasteiger partial charge in [0.05, 0.1) is 0 Å². The number of likely N-dealkylation sites (N-methyl/N-ethyl adjacent to an activating group) is 1. The fraction of sp³-hybridized carbons (Fsp3) is 0.385. The second kappa shape index (κ2) is 6.72. The molecule has 0 bridgehead atoms. The van der Waals surface area contributed by atoms with E-state index in [4.69, 9.17) is 5.11 Å². The summed E-state index contributed by atoms with van der Waals surface area (Å²) in [6.07, 6.45) is 0.329. The Bertz CT molecular complexity index is 448. The number of hydrogen-bond acceptors (Lipinski definition) is 2. The molecule has 0 fully saturated rings. The number of halogens is 1. The summed E-state index contributed by atoms with van der Waals surface area (Å²) in [5.41, 5.74) is 0.742. The highest BCUT2D eigenvalue weighted by molar-refractivity contribution is 5.82. The molecule has 19 heavy (non-hydrogen) atoms. The molecule has 0 heterocycles. The molecule has 1 rings (SSSR count). The number of carboxylic acids is 1. The molecule has 0 saturated heterocycles. The molecule has 0 radical (unpaired) electrons. The van der Waals surface area contributed by atoms with Crippen LogP contribution in [0.2, 0.25) is 0 Å². The molecular weight excluding hydrogens is 251 g/mol. The Morgan fingerprint density at radius 3 is 2.42 bits per heavy atom. The number of rotatable bonds is 5. The molecule has 0 aliphatic rings. The van der Waals surface area contributed by atoms with Gasteiger partial charge in [0.15, 0.2) is 0 Å². The minimum absolute atomic E-state index is 0.222. The van der Waals surface area contributed by atoms with Crippen LogP contribution in [0.3, 0.4) is 0 Å². The lowest BCUT2D eigenvalue weighted by atomic mass is 10.2. The number of aliphatic carboxylic acids is 1. The summed E-state index contributed by atoms with van der Waals surface area (Å²) in [6, 6.07) is 4.40. The first kappa shape index (κ1) is 14.9. The van der Waals surface area contributed by atoms with Crippen LogP contribution in [-0.4, -0.2) is 35.1 Å². The van der Waals surface area contributed by atoms with Crippen molar-refractivity contribution in [2.45, 2.75) is 25.9 Å². The van der Waals surface area contributed by atoms with Gasteiger partial charge in [-0.3, -0.25) is 0 Å². The zero-order valence-electron chi connectivity index (χ0n) is 10.9. The average Bonchev–Trinajstić information content (AvgIpc) is 2.38. The standard InChI is InChI=1S/C13H17FN2O3/c1-3-11(12(17)18)16(2)13(19)15-8-9-4-6-10(14)7-5-9/h4-7,11H,3,8H2,1-2H3,(H,15,19)(H,17,18). The van der Waals surface area contributed by atoms with Crippen LogP contribution < -0.4 is 5.32 Å². The van der Waals surface area contributed by atoms with Gasteiger partial charge in [0.25, 0.3) is 0 Å². The maximum Gasteiger partial charge on any atom is 0.326 e. The number of benzene rings is 1. The van der Waals surface area contributed by atoms with E-state index < -0.39 is 18.0 Å². The summed E-state index contributed by atoms with van der Waals surface area (Å²) < 4.78 is 12.7. The van der Waals surface area contributed by atoms with Gasteiger partial charge in [-0.2, -0.15) is 0 Å². The predicted octanol–water partition coefficient (Wildman–Crippen LogP) is 1.83. The number of amides is 2. The Kier molecular flexibility index (Phi) is 5.29. The number of urea groups is 1. The van der Waals surface area contributed by atoms with Crippen molar-refractivity contribution in [3.63, 3.8) is 0 Å². The molecule has 5 nitrogen and oxygen atoms in total. The van der Waals surface area contributed by atoms with Crippen LogP contribution in [0.25, 0.3) is 0 Å². The molecule has 1 aromatic rings. The number of carboxylic acid groups (broad SMARTS) is 1. The van der Waals surface area contributed by atoms with Gasteiger partial charge in [0, 0.05) is 13.6 Å². The molecule has 2 N–H and O–H groups in total. The molecule has 0 aliphatic carbocycles. The van der Waals surface area contributed by atoms with Gasteiger partial charge in [-0.25, -0.2) is 14.0 Å². The topological polar surface area (TPSA) is 69.6 Å². The van der Waals surface area contributed by atoms with Gasteiger partial charge < -0.3 is 15.3 Å². The number of carbonyl (C=O) groups excluding carboxylic acids is 1. The summed E-state index contributed by atoms with van der Waals surface area (Å²) in [5, 5.41) is 11.5. The van der Waals surface area contributed by atoms with Crippen molar-refractivity contribution in [3.05, 3.63) is 35.6 Å². The van der Waals surface area contributed by atoms with Crippen molar-refractivity contribution in [2.75, 3.05) is 7.05 Å². The lowest BCUT2D eigenvalue weighted by Gasteiger charge is -2.24. The minimum atomic E-state index is -1.04. The predicted molar refractivity (Wildman–Crippen MR) is 68.1 cm³/mol. The van der Waals surface area contributed by atoms with E-state index >= 15 is 0 Å². The first-order chi connectivity index (χ1) is 8.95. The van der Waals surface area contributed by atoms with Gasteiger partial charge in [-0.1, -0.05) is 19.1 Å². The molecule has 1 unspecified atom stereocenters. The highest BCUT2D eigenvalue weighted by Crippen LogP contribution is 2.05. The van der Waals surface area contributed by atoms with Crippen molar-refractivity contribution < 1.29 is 19.1 Å². The Morgan fingerprint density at radius 2 is 1.95 bits per heavy atom. The van der Waals surface area contributed by atoms with E-state index in [9.17, 15) is 14.0 Å². The zero-order valence-corrected chi connectivity index (χ0v) is 10.9. The molecule has 0 aliphatic heterocycles. The first-order valence-corrected chi connectivity index (χ1v) is 5.93. The molecule has 0 spiro atoms. The Hall–Kier alpha value is -2.11. The fourth-order valence-electron chi connectivity index (χ4n) is 1.66. The first-order valence-electron chi connectivity index (χ1n) is 5.93. The van der Waals surface area contributed by atoms with E-state index in [2.05, 4.69) is 5.32 Å². The van der Waals surface area contributed by atoms with Crippen molar-refractivity contribution in [3.8, 4) is 0 Å². The zero-order chi connectivity index (χ0) is 14.4. The second-order valence-electron chi connectivity index (χ2n) is 4.16. The van der Waals surface area contributed by atoms with Crippen LogP contribution in [0, 0.1) is 5.82 Å². The van der Waals surface area contributed by atoms with Crippen LogP contribution in [-0.2, 0) is 11.3 Å².